The summed E-state index contributed by atoms with van der Waals surface area (Å²) < 4.78 is 0. The van der Waals surface area contributed by atoms with Crippen LogP contribution in [-0.4, -0.2) is 26.9 Å². The topological polar surface area (TPSA) is 100 Å². The highest BCUT2D eigenvalue weighted by Crippen LogP contribution is 2.39. The molecule has 1 aliphatic heterocycles. The number of carboxylic acid groups (broad SMARTS) is 1. The Bertz CT molecular complexity index is 923. The molecule has 0 fully saturated rings. The molecule has 3 rings (SSSR count). The maximum absolute atomic E-state index is 11.5. The predicted molar refractivity (Wildman–Crippen MR) is 107 cm³/mol. The van der Waals surface area contributed by atoms with Gasteiger partial charge < -0.3 is 5.11 Å². The van der Waals surface area contributed by atoms with E-state index < -0.39 is 11.6 Å². The molecule has 1 N–H and O–H groups in total. The lowest BCUT2D eigenvalue weighted by Gasteiger charge is -2.26. The zero-order valence-electron chi connectivity index (χ0n) is 17.1. The number of hydrogen-bond donors (Lipinski definition) is 1. The molecule has 0 saturated carbocycles. The Balaban J connectivity index is 2.26. The highest BCUT2D eigenvalue weighted by molar-refractivity contribution is 6.35. The van der Waals surface area contributed by atoms with E-state index in [-0.39, 0.29) is 16.7 Å². The van der Waals surface area contributed by atoms with Crippen molar-refractivity contribution in [3.05, 3.63) is 59.2 Å². The number of carboxylic acids is 1. The molecule has 0 radical (unpaired) electrons. The van der Waals surface area contributed by atoms with Crippen molar-refractivity contribution in [1.82, 2.24) is 9.97 Å². The van der Waals surface area contributed by atoms with E-state index in [1.54, 1.807) is 12.4 Å². The summed E-state index contributed by atoms with van der Waals surface area (Å²) in [6.07, 6.45) is 3.38. The molecule has 0 bridgehead atoms. The molecule has 0 aromatic carbocycles. The fourth-order valence-electron chi connectivity index (χ4n) is 2.93. The lowest BCUT2D eigenvalue weighted by atomic mass is 9.84. The molecule has 2 aromatic rings. The average Bonchev–Trinajstić information content (AvgIpc) is 3.07. The third-order valence-corrected chi connectivity index (χ3v) is 4.71. The maximum Gasteiger partial charge on any atom is 0.375 e. The van der Waals surface area contributed by atoms with Gasteiger partial charge in [-0.15, -0.1) is 10.2 Å². The van der Waals surface area contributed by atoms with E-state index in [0.29, 0.717) is 11.4 Å². The first-order valence-corrected chi connectivity index (χ1v) is 9.13. The number of pyridine rings is 2. The minimum absolute atomic E-state index is 0.116. The smallest absolute Gasteiger partial charge is 0.375 e. The van der Waals surface area contributed by atoms with Crippen molar-refractivity contribution < 1.29 is 9.90 Å². The van der Waals surface area contributed by atoms with Gasteiger partial charge >= 0.3 is 5.97 Å². The number of nitrogens with zero attached hydrogens (tertiary/aromatic N) is 5. The Morgan fingerprint density at radius 1 is 0.893 bits per heavy atom. The standard InChI is InChI=1S/C21H25N5O2/c1-19(2,3)13-7-9-22-15(11-13)21(24-17(18(27)28)25-26-21)16-12-14(8-10-23-16)20(4,5)6/h7-12H,1-6H3,(H,27,28). The van der Waals surface area contributed by atoms with Crippen LogP contribution in [0, 0.1) is 0 Å². The van der Waals surface area contributed by atoms with Crippen LogP contribution in [0.15, 0.2) is 51.9 Å². The molecule has 0 saturated heterocycles. The Morgan fingerprint density at radius 2 is 1.36 bits per heavy atom. The summed E-state index contributed by atoms with van der Waals surface area (Å²) in [6.45, 7) is 12.6. The number of azo groups is 1. The van der Waals surface area contributed by atoms with Crippen LogP contribution < -0.4 is 0 Å². The first-order chi connectivity index (χ1) is 12.9. The molecule has 2 aromatic heterocycles. The maximum atomic E-state index is 11.5. The van der Waals surface area contributed by atoms with Crippen molar-refractivity contribution in [3.63, 3.8) is 0 Å². The van der Waals surface area contributed by atoms with Crippen molar-refractivity contribution in [2.24, 2.45) is 15.2 Å². The number of aromatic nitrogens is 2. The van der Waals surface area contributed by atoms with E-state index in [4.69, 9.17) is 0 Å². The molecule has 146 valence electrons. The number of carbonyl (C=O) groups is 1. The predicted octanol–water partition coefficient (Wildman–Crippen LogP) is 4.22. The first kappa shape index (κ1) is 19.8. The Kier molecular flexibility index (Phi) is 4.65. The molecule has 0 unspecified atom stereocenters. The van der Waals surface area contributed by atoms with Crippen molar-refractivity contribution in [2.75, 3.05) is 0 Å². The van der Waals surface area contributed by atoms with Crippen LogP contribution in [0.3, 0.4) is 0 Å². The average molecular weight is 379 g/mol. The van der Waals surface area contributed by atoms with Gasteiger partial charge in [0.25, 0.3) is 11.5 Å². The molecule has 28 heavy (non-hydrogen) atoms. The van der Waals surface area contributed by atoms with Gasteiger partial charge in [-0.2, -0.15) is 0 Å². The summed E-state index contributed by atoms with van der Waals surface area (Å²) in [7, 11) is 0. The summed E-state index contributed by atoms with van der Waals surface area (Å²) in [6, 6.07) is 7.67. The molecular weight excluding hydrogens is 354 g/mol. The highest BCUT2D eigenvalue weighted by atomic mass is 16.4. The Morgan fingerprint density at radius 3 is 1.71 bits per heavy atom. The van der Waals surface area contributed by atoms with Crippen LogP contribution in [0.2, 0.25) is 0 Å². The second kappa shape index (κ2) is 6.58. The second-order valence-corrected chi connectivity index (χ2v) is 8.97. The van der Waals surface area contributed by atoms with Gasteiger partial charge in [-0.25, -0.2) is 9.79 Å². The molecule has 3 heterocycles. The highest BCUT2D eigenvalue weighted by Gasteiger charge is 2.43. The van der Waals surface area contributed by atoms with Gasteiger partial charge in [0.15, 0.2) is 0 Å². The summed E-state index contributed by atoms with van der Waals surface area (Å²) in [5.41, 5.74) is 1.44. The fraction of sp³-hybridized carbons (Fsp3) is 0.429. The number of amidine groups is 1. The molecule has 0 spiro atoms. The molecule has 0 amide bonds. The lowest BCUT2D eigenvalue weighted by Crippen LogP contribution is -2.27. The van der Waals surface area contributed by atoms with E-state index >= 15 is 0 Å². The SMILES string of the molecule is CC(C)(C)c1ccnc(C2(c3cc(C(C)(C)C)ccn3)N=NC(C(=O)O)=N2)c1. The number of aliphatic imine (C=N–C) groups is 1. The van der Waals surface area contributed by atoms with Crippen LogP contribution in [-0.2, 0) is 21.3 Å². The van der Waals surface area contributed by atoms with Crippen molar-refractivity contribution in [3.8, 4) is 0 Å². The third kappa shape index (κ3) is 3.56. The largest absolute Gasteiger partial charge is 0.475 e. The summed E-state index contributed by atoms with van der Waals surface area (Å²) in [5, 5.41) is 17.5. The normalized spacial score (nSPS) is 16.1. The number of hydrogen-bond acceptors (Lipinski definition) is 6. The minimum atomic E-state index is -1.41. The van der Waals surface area contributed by atoms with Crippen LogP contribution in [0.1, 0.15) is 64.1 Å². The van der Waals surface area contributed by atoms with Crippen LogP contribution in [0.4, 0.5) is 0 Å². The first-order valence-electron chi connectivity index (χ1n) is 9.13. The lowest BCUT2D eigenvalue weighted by molar-refractivity contribution is -0.129. The van der Waals surface area contributed by atoms with Gasteiger partial charge in [0.2, 0.25) is 0 Å². The van der Waals surface area contributed by atoms with Gasteiger partial charge in [-0.05, 0) is 46.2 Å². The fourth-order valence-corrected chi connectivity index (χ4v) is 2.93. The van der Waals surface area contributed by atoms with Gasteiger partial charge in [-0.1, -0.05) is 41.5 Å². The van der Waals surface area contributed by atoms with Gasteiger partial charge in [0.1, 0.15) is 0 Å². The summed E-state index contributed by atoms with van der Waals surface area (Å²) >= 11 is 0. The molecule has 0 aliphatic carbocycles. The van der Waals surface area contributed by atoms with Crippen LogP contribution in [0.5, 0.6) is 0 Å². The minimum Gasteiger partial charge on any atom is -0.475 e. The molecule has 0 atom stereocenters. The van der Waals surface area contributed by atoms with E-state index in [1.807, 2.05) is 24.3 Å². The van der Waals surface area contributed by atoms with Gasteiger partial charge in [0.05, 0.1) is 11.4 Å². The summed E-state index contributed by atoms with van der Waals surface area (Å²) in [4.78, 5) is 24.8. The van der Waals surface area contributed by atoms with E-state index in [0.717, 1.165) is 11.1 Å². The molecule has 1 aliphatic rings. The Labute approximate surface area is 164 Å². The van der Waals surface area contributed by atoms with E-state index in [1.165, 1.54) is 0 Å². The molecule has 7 heteroatoms. The quantitative estimate of drug-likeness (QED) is 0.862. The van der Waals surface area contributed by atoms with Crippen LogP contribution >= 0.6 is 0 Å². The van der Waals surface area contributed by atoms with Crippen LogP contribution in [0.25, 0.3) is 0 Å². The number of aliphatic carboxylic acids is 1. The third-order valence-electron chi connectivity index (χ3n) is 4.71. The monoisotopic (exact) mass is 379 g/mol. The zero-order valence-corrected chi connectivity index (χ0v) is 17.1. The summed E-state index contributed by atoms with van der Waals surface area (Å²) in [5.74, 6) is -1.59. The number of rotatable bonds is 3. The molecular formula is C21H25N5O2. The van der Waals surface area contributed by atoms with E-state index in [9.17, 15) is 9.90 Å². The van der Waals surface area contributed by atoms with Crippen molar-refractivity contribution >= 4 is 11.8 Å². The van der Waals surface area contributed by atoms with Crippen molar-refractivity contribution in [1.29, 1.82) is 0 Å². The van der Waals surface area contributed by atoms with Gasteiger partial charge in [-0.3, -0.25) is 9.97 Å². The van der Waals surface area contributed by atoms with Crippen molar-refractivity contribution in [2.45, 2.75) is 58.0 Å². The second-order valence-electron chi connectivity index (χ2n) is 8.97. The van der Waals surface area contributed by atoms with Gasteiger partial charge in [0, 0.05) is 12.4 Å². The molecule has 7 nitrogen and oxygen atoms in total. The van der Waals surface area contributed by atoms with E-state index in [2.05, 4.69) is 66.7 Å². The zero-order chi connectivity index (χ0) is 20.7. The Hall–Kier alpha value is -2.96.